The minimum Gasteiger partial charge on any atom is -0.489 e. The molecule has 0 fully saturated rings. The molecule has 3 aromatic rings. The van der Waals surface area contributed by atoms with Crippen molar-refractivity contribution in [3.63, 3.8) is 0 Å². The third kappa shape index (κ3) is 5.52. The zero-order chi connectivity index (χ0) is 19.1. The van der Waals surface area contributed by atoms with Crippen LogP contribution in [-0.2, 0) is 6.61 Å². The third-order valence-electron chi connectivity index (χ3n) is 3.62. The van der Waals surface area contributed by atoms with Gasteiger partial charge in [0.25, 0.3) is 5.91 Å². The molecule has 0 aliphatic rings. The van der Waals surface area contributed by atoms with E-state index in [9.17, 15) is 4.79 Å². The predicted molar refractivity (Wildman–Crippen MR) is 110 cm³/mol. The molecule has 2 aromatic carbocycles. The lowest BCUT2D eigenvalue weighted by Gasteiger charge is -2.11. The number of carbonyl (C=O) groups is 1. The van der Waals surface area contributed by atoms with Gasteiger partial charge in [0.05, 0.1) is 5.56 Å². The van der Waals surface area contributed by atoms with E-state index in [0.717, 1.165) is 5.56 Å². The van der Waals surface area contributed by atoms with Crippen molar-refractivity contribution >= 4 is 34.7 Å². The first kappa shape index (κ1) is 18.3. The van der Waals surface area contributed by atoms with Gasteiger partial charge in [-0.3, -0.25) is 10.1 Å². The lowest BCUT2D eigenvalue weighted by Crippen LogP contribution is -2.34. The Balaban J connectivity index is 1.56. The first-order valence-corrected chi connectivity index (χ1v) is 8.61. The Morgan fingerprint density at radius 1 is 1.07 bits per heavy atom. The smallest absolute Gasteiger partial charge is 0.258 e. The SMILES string of the molecule is Nc1ccc(C(=O)NC(=S)Nc2cccc(OCc3ccccc3)c2)cn1. The zero-order valence-corrected chi connectivity index (χ0v) is 15.2. The number of nitrogens with zero attached hydrogens (tertiary/aromatic N) is 1. The van der Waals surface area contributed by atoms with E-state index in [1.165, 1.54) is 6.20 Å². The van der Waals surface area contributed by atoms with Gasteiger partial charge in [-0.15, -0.1) is 0 Å². The monoisotopic (exact) mass is 378 g/mol. The standard InChI is InChI=1S/C20H18N4O2S/c21-18-10-9-15(12-22-18)19(25)24-20(27)23-16-7-4-8-17(11-16)26-13-14-5-2-1-3-6-14/h1-12H,13H2,(H2,21,22)(H2,23,24,25,27). The summed E-state index contributed by atoms with van der Waals surface area (Å²) in [7, 11) is 0. The van der Waals surface area contributed by atoms with Crippen molar-refractivity contribution in [1.82, 2.24) is 10.3 Å². The predicted octanol–water partition coefficient (Wildman–Crippen LogP) is 3.37. The number of benzene rings is 2. The Hall–Kier alpha value is -3.45. The second-order valence-electron chi connectivity index (χ2n) is 5.68. The molecule has 1 amide bonds. The number of aromatic nitrogens is 1. The molecule has 0 saturated heterocycles. The molecule has 0 aliphatic carbocycles. The topological polar surface area (TPSA) is 89.3 Å². The summed E-state index contributed by atoms with van der Waals surface area (Å²) in [6.45, 7) is 0.468. The van der Waals surface area contributed by atoms with Crippen molar-refractivity contribution in [2.24, 2.45) is 0 Å². The van der Waals surface area contributed by atoms with Gasteiger partial charge >= 0.3 is 0 Å². The molecule has 1 aromatic heterocycles. The molecule has 0 spiro atoms. The average Bonchev–Trinajstić information content (AvgIpc) is 2.68. The Kier molecular flexibility index (Phi) is 5.96. The number of hydrogen-bond acceptors (Lipinski definition) is 5. The van der Waals surface area contributed by atoms with Crippen LogP contribution in [0.3, 0.4) is 0 Å². The number of rotatable bonds is 5. The molecular weight excluding hydrogens is 360 g/mol. The molecule has 0 bridgehead atoms. The number of carbonyl (C=O) groups excluding carboxylic acids is 1. The van der Waals surface area contributed by atoms with Crippen molar-refractivity contribution < 1.29 is 9.53 Å². The molecule has 27 heavy (non-hydrogen) atoms. The van der Waals surface area contributed by atoms with Gasteiger partial charge in [0, 0.05) is 18.0 Å². The van der Waals surface area contributed by atoms with Gasteiger partial charge in [0.15, 0.2) is 5.11 Å². The van der Waals surface area contributed by atoms with Crippen LogP contribution in [0.25, 0.3) is 0 Å². The maximum absolute atomic E-state index is 12.1. The van der Waals surface area contributed by atoms with Gasteiger partial charge in [0.1, 0.15) is 18.2 Å². The van der Waals surface area contributed by atoms with Crippen molar-refractivity contribution in [2.75, 3.05) is 11.1 Å². The summed E-state index contributed by atoms with van der Waals surface area (Å²) < 4.78 is 5.79. The van der Waals surface area contributed by atoms with Crippen LogP contribution in [0.4, 0.5) is 11.5 Å². The fourth-order valence-electron chi connectivity index (χ4n) is 2.28. The summed E-state index contributed by atoms with van der Waals surface area (Å²) in [6, 6.07) is 20.4. The van der Waals surface area contributed by atoms with E-state index in [4.69, 9.17) is 22.7 Å². The van der Waals surface area contributed by atoms with Crippen LogP contribution in [0.1, 0.15) is 15.9 Å². The molecule has 136 valence electrons. The van der Waals surface area contributed by atoms with E-state index in [1.807, 2.05) is 54.6 Å². The molecular formula is C20H18N4O2S. The van der Waals surface area contributed by atoms with Gasteiger partial charge in [0.2, 0.25) is 0 Å². The average molecular weight is 378 g/mol. The number of anilines is 2. The highest BCUT2D eigenvalue weighted by atomic mass is 32.1. The number of thiocarbonyl (C=S) groups is 1. The lowest BCUT2D eigenvalue weighted by molar-refractivity contribution is 0.0977. The quantitative estimate of drug-likeness (QED) is 0.590. The van der Waals surface area contributed by atoms with Gasteiger partial charge in [-0.25, -0.2) is 4.98 Å². The third-order valence-corrected chi connectivity index (χ3v) is 3.82. The molecule has 6 nitrogen and oxygen atoms in total. The lowest BCUT2D eigenvalue weighted by atomic mass is 10.2. The maximum Gasteiger partial charge on any atom is 0.258 e. The minimum atomic E-state index is -0.364. The van der Waals surface area contributed by atoms with E-state index in [-0.39, 0.29) is 11.0 Å². The van der Waals surface area contributed by atoms with Crippen molar-refractivity contribution in [3.8, 4) is 5.75 Å². The van der Waals surface area contributed by atoms with Gasteiger partial charge in [-0.05, 0) is 42.0 Å². The largest absolute Gasteiger partial charge is 0.489 e. The Morgan fingerprint density at radius 3 is 2.63 bits per heavy atom. The van der Waals surface area contributed by atoms with Crippen molar-refractivity contribution in [2.45, 2.75) is 6.61 Å². The van der Waals surface area contributed by atoms with Crippen molar-refractivity contribution in [1.29, 1.82) is 0 Å². The molecule has 0 atom stereocenters. The van der Waals surface area contributed by atoms with E-state index in [2.05, 4.69) is 15.6 Å². The van der Waals surface area contributed by atoms with Crippen LogP contribution in [0.5, 0.6) is 5.75 Å². The summed E-state index contributed by atoms with van der Waals surface area (Å²) in [5, 5.41) is 5.75. The fraction of sp³-hybridized carbons (Fsp3) is 0.0500. The van der Waals surface area contributed by atoms with Crippen molar-refractivity contribution in [3.05, 3.63) is 84.1 Å². The van der Waals surface area contributed by atoms with Crippen LogP contribution >= 0.6 is 12.2 Å². The van der Waals surface area contributed by atoms with Crippen LogP contribution in [0.15, 0.2) is 72.9 Å². The summed E-state index contributed by atoms with van der Waals surface area (Å²) >= 11 is 5.19. The highest BCUT2D eigenvalue weighted by Crippen LogP contribution is 2.18. The van der Waals surface area contributed by atoms with Crippen LogP contribution in [0.2, 0.25) is 0 Å². The molecule has 0 aliphatic heterocycles. The second kappa shape index (κ2) is 8.77. The number of pyridine rings is 1. The molecule has 0 radical (unpaired) electrons. The van der Waals surface area contributed by atoms with E-state index >= 15 is 0 Å². The van der Waals surface area contributed by atoms with Gasteiger partial charge < -0.3 is 15.8 Å². The second-order valence-corrected chi connectivity index (χ2v) is 6.09. The number of amides is 1. The molecule has 0 unspecified atom stereocenters. The van der Waals surface area contributed by atoms with Gasteiger partial charge in [-0.1, -0.05) is 36.4 Å². The summed E-state index contributed by atoms with van der Waals surface area (Å²) in [4.78, 5) is 16.0. The normalized spacial score (nSPS) is 10.1. The zero-order valence-electron chi connectivity index (χ0n) is 14.4. The molecule has 0 saturated carbocycles. The van der Waals surface area contributed by atoms with Crippen LogP contribution in [0, 0.1) is 0 Å². The molecule has 7 heteroatoms. The molecule has 1 heterocycles. The molecule has 3 rings (SSSR count). The van der Waals surface area contributed by atoms with E-state index < -0.39 is 0 Å². The van der Waals surface area contributed by atoms with Crippen LogP contribution in [-0.4, -0.2) is 16.0 Å². The fourth-order valence-corrected chi connectivity index (χ4v) is 2.49. The Bertz CT molecular complexity index is 930. The summed E-state index contributed by atoms with van der Waals surface area (Å²) in [5.74, 6) is 0.678. The highest BCUT2D eigenvalue weighted by molar-refractivity contribution is 7.80. The Labute approximate surface area is 162 Å². The number of nitrogens with two attached hydrogens (primary N) is 1. The molecule has 4 N–H and O–H groups in total. The summed E-state index contributed by atoms with van der Waals surface area (Å²) in [6.07, 6.45) is 1.39. The highest BCUT2D eigenvalue weighted by Gasteiger charge is 2.08. The number of nitrogen functional groups attached to an aromatic ring is 1. The van der Waals surface area contributed by atoms with E-state index in [0.29, 0.717) is 29.4 Å². The van der Waals surface area contributed by atoms with Crippen LogP contribution < -0.4 is 21.1 Å². The van der Waals surface area contributed by atoms with Gasteiger partial charge in [-0.2, -0.15) is 0 Å². The first-order valence-electron chi connectivity index (χ1n) is 8.21. The van der Waals surface area contributed by atoms with E-state index in [1.54, 1.807) is 12.1 Å². The number of nitrogens with one attached hydrogen (secondary N) is 2. The summed E-state index contributed by atoms with van der Waals surface area (Å²) in [5.41, 5.74) is 7.67. The minimum absolute atomic E-state index is 0.178. The first-order chi connectivity index (χ1) is 13.1. The Morgan fingerprint density at radius 2 is 1.89 bits per heavy atom. The number of ether oxygens (including phenoxy) is 1. The number of hydrogen-bond donors (Lipinski definition) is 3. The maximum atomic E-state index is 12.1.